The molecule has 0 aliphatic carbocycles. The number of rotatable bonds is 5. The largest absolute Gasteiger partial charge is 0.469 e. The van der Waals surface area contributed by atoms with E-state index in [0.717, 1.165) is 22.5 Å². The molecule has 7 nitrogen and oxygen atoms in total. The Morgan fingerprint density at radius 1 is 0.968 bits per heavy atom. The Bertz CT molecular complexity index is 1220. The molecule has 2 amide bonds. The van der Waals surface area contributed by atoms with Gasteiger partial charge in [-0.25, -0.2) is 4.68 Å². The molecule has 2 aromatic carbocycles. The van der Waals surface area contributed by atoms with Crippen LogP contribution in [0, 0.1) is 6.92 Å². The highest BCUT2D eigenvalue weighted by Crippen LogP contribution is 2.24. The van der Waals surface area contributed by atoms with E-state index >= 15 is 0 Å². The van der Waals surface area contributed by atoms with Gasteiger partial charge in [0.15, 0.2) is 0 Å². The Balaban J connectivity index is 1.53. The van der Waals surface area contributed by atoms with Gasteiger partial charge in [-0.2, -0.15) is 5.10 Å². The van der Waals surface area contributed by atoms with Crippen molar-refractivity contribution in [1.82, 2.24) is 20.6 Å². The predicted octanol–water partition coefficient (Wildman–Crippen LogP) is 3.92. The van der Waals surface area contributed by atoms with E-state index in [4.69, 9.17) is 9.52 Å². The third-order valence-electron chi connectivity index (χ3n) is 4.63. The molecule has 4 aromatic rings. The Hall–Kier alpha value is -4.39. The van der Waals surface area contributed by atoms with Crippen LogP contribution in [0.4, 0.5) is 0 Å². The van der Waals surface area contributed by atoms with Crippen LogP contribution in [-0.4, -0.2) is 21.6 Å². The van der Waals surface area contributed by atoms with Gasteiger partial charge in [0.1, 0.15) is 5.76 Å². The molecule has 0 aliphatic heterocycles. The number of benzene rings is 2. The van der Waals surface area contributed by atoms with Gasteiger partial charge < -0.3 is 4.42 Å². The quantitative estimate of drug-likeness (QED) is 0.384. The van der Waals surface area contributed by atoms with Crippen LogP contribution < -0.4 is 10.9 Å². The molecule has 31 heavy (non-hydrogen) atoms. The number of amides is 2. The number of nitrogens with zero attached hydrogens (tertiary/aromatic N) is 2. The first-order chi connectivity index (χ1) is 15.1. The average Bonchev–Trinajstić information content (AvgIpc) is 3.43. The highest BCUT2D eigenvalue weighted by molar-refractivity contribution is 5.98. The van der Waals surface area contributed by atoms with Gasteiger partial charge in [-0.3, -0.25) is 20.4 Å². The van der Waals surface area contributed by atoms with Crippen LogP contribution >= 0.6 is 0 Å². The molecule has 0 saturated carbocycles. The molecule has 4 rings (SSSR count). The highest BCUT2D eigenvalue weighted by atomic mass is 16.3. The maximum absolute atomic E-state index is 12.2. The van der Waals surface area contributed by atoms with Crippen molar-refractivity contribution in [3.05, 3.63) is 102 Å². The van der Waals surface area contributed by atoms with E-state index in [1.54, 1.807) is 17.7 Å². The maximum atomic E-state index is 12.2. The standard InChI is InChI=1S/C24H20N4O3/c1-17-21(14-15-31-17)24(30)26-25-22(29)13-12-19-16-28(20-10-6-3-7-11-20)27-23(19)18-8-4-2-5-9-18/h2-16H,1H3,(H,25,29)(H,26,30)/b13-12+. The molecule has 2 N–H and O–H groups in total. The van der Waals surface area contributed by atoms with Crippen LogP contribution in [0.5, 0.6) is 0 Å². The van der Waals surface area contributed by atoms with Crippen LogP contribution in [0.1, 0.15) is 21.7 Å². The lowest BCUT2D eigenvalue weighted by molar-refractivity contribution is -0.117. The van der Waals surface area contributed by atoms with Gasteiger partial charge in [0.25, 0.3) is 11.8 Å². The summed E-state index contributed by atoms with van der Waals surface area (Å²) in [7, 11) is 0. The molecule has 7 heteroatoms. The Labute approximate surface area is 179 Å². The number of hydrazine groups is 1. The van der Waals surface area contributed by atoms with Gasteiger partial charge in [-0.15, -0.1) is 0 Å². The molecular formula is C24H20N4O3. The summed E-state index contributed by atoms with van der Waals surface area (Å²) < 4.78 is 6.86. The van der Waals surface area contributed by atoms with Crippen molar-refractivity contribution in [3.8, 4) is 16.9 Å². The molecule has 0 unspecified atom stereocenters. The number of hydrogen-bond acceptors (Lipinski definition) is 4. The summed E-state index contributed by atoms with van der Waals surface area (Å²) in [6.45, 7) is 1.67. The van der Waals surface area contributed by atoms with Gasteiger partial charge in [0.05, 0.1) is 23.2 Å². The van der Waals surface area contributed by atoms with Crippen LogP contribution in [-0.2, 0) is 4.79 Å². The SMILES string of the molecule is Cc1occc1C(=O)NNC(=O)/C=C/c1cn(-c2ccccc2)nc1-c1ccccc1. The smallest absolute Gasteiger partial charge is 0.273 e. The lowest BCUT2D eigenvalue weighted by atomic mass is 10.1. The van der Waals surface area contributed by atoms with E-state index in [1.807, 2.05) is 66.9 Å². The van der Waals surface area contributed by atoms with E-state index < -0.39 is 11.8 Å². The molecule has 0 spiro atoms. The Kier molecular flexibility index (Phi) is 5.75. The number of aryl methyl sites for hydroxylation is 1. The van der Waals surface area contributed by atoms with E-state index in [2.05, 4.69) is 10.9 Å². The normalized spacial score (nSPS) is 10.9. The fraction of sp³-hybridized carbons (Fsp3) is 0.0417. The fourth-order valence-corrected chi connectivity index (χ4v) is 3.06. The van der Waals surface area contributed by atoms with Crippen LogP contribution in [0.2, 0.25) is 0 Å². The van der Waals surface area contributed by atoms with Crippen molar-refractivity contribution < 1.29 is 14.0 Å². The maximum Gasteiger partial charge on any atom is 0.273 e. The van der Waals surface area contributed by atoms with E-state index in [1.165, 1.54) is 18.4 Å². The Morgan fingerprint density at radius 2 is 1.68 bits per heavy atom. The molecule has 0 atom stereocenters. The number of carbonyl (C=O) groups excluding carboxylic acids is 2. The molecular weight excluding hydrogens is 392 g/mol. The summed E-state index contributed by atoms with van der Waals surface area (Å²) in [6.07, 6.45) is 6.29. The molecule has 0 bridgehead atoms. The van der Waals surface area contributed by atoms with Gasteiger partial charge >= 0.3 is 0 Å². The number of aromatic nitrogens is 2. The molecule has 0 fully saturated rings. The lowest BCUT2D eigenvalue weighted by Gasteiger charge is -2.04. The number of nitrogens with one attached hydrogen (secondary N) is 2. The van der Waals surface area contributed by atoms with Crippen molar-refractivity contribution in [2.75, 3.05) is 0 Å². The van der Waals surface area contributed by atoms with Crippen LogP contribution in [0.25, 0.3) is 23.0 Å². The monoisotopic (exact) mass is 412 g/mol. The van der Waals surface area contributed by atoms with E-state index in [-0.39, 0.29) is 0 Å². The van der Waals surface area contributed by atoms with Crippen molar-refractivity contribution >= 4 is 17.9 Å². The van der Waals surface area contributed by atoms with Gasteiger partial charge in [0.2, 0.25) is 0 Å². The van der Waals surface area contributed by atoms with Gasteiger partial charge in [-0.1, -0.05) is 48.5 Å². The minimum atomic E-state index is -0.471. The Morgan fingerprint density at radius 3 is 2.35 bits per heavy atom. The first-order valence-electron chi connectivity index (χ1n) is 9.65. The van der Waals surface area contributed by atoms with Crippen molar-refractivity contribution in [3.63, 3.8) is 0 Å². The van der Waals surface area contributed by atoms with Crippen molar-refractivity contribution in [1.29, 1.82) is 0 Å². The zero-order valence-corrected chi connectivity index (χ0v) is 16.8. The third kappa shape index (κ3) is 4.62. The molecule has 0 radical (unpaired) electrons. The zero-order valence-electron chi connectivity index (χ0n) is 16.8. The summed E-state index contributed by atoms with van der Waals surface area (Å²) in [6, 6.07) is 21.0. The second-order valence-electron chi connectivity index (χ2n) is 6.75. The second-order valence-corrected chi connectivity index (χ2v) is 6.75. The summed E-state index contributed by atoms with van der Waals surface area (Å²) >= 11 is 0. The van der Waals surface area contributed by atoms with E-state index in [0.29, 0.717) is 11.3 Å². The first-order valence-corrected chi connectivity index (χ1v) is 9.65. The molecule has 0 saturated heterocycles. The number of para-hydroxylation sites is 1. The minimum absolute atomic E-state index is 0.361. The van der Waals surface area contributed by atoms with E-state index in [9.17, 15) is 9.59 Å². The first kappa shape index (κ1) is 19.9. The number of hydrogen-bond donors (Lipinski definition) is 2. The zero-order chi connectivity index (χ0) is 21.6. The molecule has 2 aromatic heterocycles. The summed E-state index contributed by atoms with van der Waals surface area (Å²) in [5.74, 6) is -0.445. The van der Waals surface area contributed by atoms with Crippen molar-refractivity contribution in [2.45, 2.75) is 6.92 Å². The van der Waals surface area contributed by atoms with Crippen molar-refractivity contribution in [2.24, 2.45) is 0 Å². The summed E-state index contributed by atoms with van der Waals surface area (Å²) in [5.41, 5.74) is 8.45. The average molecular weight is 412 g/mol. The predicted molar refractivity (Wildman–Crippen MR) is 117 cm³/mol. The number of carbonyl (C=O) groups is 2. The highest BCUT2D eigenvalue weighted by Gasteiger charge is 2.13. The van der Waals surface area contributed by atoms with Crippen LogP contribution in [0.15, 0.2) is 89.7 Å². The van der Waals surface area contributed by atoms with Gasteiger partial charge in [0, 0.05) is 23.4 Å². The molecule has 0 aliphatic rings. The summed E-state index contributed by atoms with van der Waals surface area (Å²) in [5, 5.41) is 4.70. The second kappa shape index (κ2) is 8.96. The fourth-order valence-electron chi connectivity index (χ4n) is 3.06. The molecule has 2 heterocycles. The third-order valence-corrected chi connectivity index (χ3v) is 4.63. The van der Waals surface area contributed by atoms with Gasteiger partial charge in [-0.05, 0) is 31.2 Å². The topological polar surface area (TPSA) is 89.2 Å². The van der Waals surface area contributed by atoms with Crippen LogP contribution in [0.3, 0.4) is 0 Å². The number of furan rings is 1. The summed E-state index contributed by atoms with van der Waals surface area (Å²) in [4.78, 5) is 24.3. The lowest BCUT2D eigenvalue weighted by Crippen LogP contribution is -2.40. The molecule has 154 valence electrons. The minimum Gasteiger partial charge on any atom is -0.469 e.